The molecule has 1 aliphatic carbocycles. The number of nitrogens with one attached hydrogen (secondary N) is 2. The van der Waals surface area contributed by atoms with Gasteiger partial charge >= 0.3 is 0 Å². The van der Waals surface area contributed by atoms with Gasteiger partial charge in [-0.1, -0.05) is 42.5 Å². The van der Waals surface area contributed by atoms with E-state index >= 15 is 0 Å². The number of aromatic nitrogens is 1. The highest BCUT2D eigenvalue weighted by Crippen LogP contribution is 2.29. The van der Waals surface area contributed by atoms with Gasteiger partial charge in [0.1, 0.15) is 17.3 Å². The molecule has 36 heavy (non-hydrogen) atoms. The normalized spacial score (nSPS) is 17.4. The quantitative estimate of drug-likeness (QED) is 0.327. The molecular formula is C30H32N4O2. The van der Waals surface area contributed by atoms with Gasteiger partial charge in [-0.25, -0.2) is 4.98 Å². The minimum atomic E-state index is -0.0586. The van der Waals surface area contributed by atoms with Gasteiger partial charge in [0.05, 0.1) is 5.52 Å². The van der Waals surface area contributed by atoms with E-state index < -0.39 is 0 Å². The zero-order valence-corrected chi connectivity index (χ0v) is 20.8. The average molecular weight is 481 g/mol. The first kappa shape index (κ1) is 23.7. The van der Waals surface area contributed by atoms with E-state index in [0.29, 0.717) is 17.4 Å². The molecule has 5 rings (SSSR count). The van der Waals surface area contributed by atoms with Gasteiger partial charge in [-0.2, -0.15) is 0 Å². The Morgan fingerprint density at radius 1 is 0.833 bits per heavy atom. The standard InChI is InChI=1S/C30H32N4O2/c1-34(2)28-20-29(33-27-14-7-6-13-26(27)28)31-22-15-17-23(18-16-22)32-30(35)21-9-8-12-25(19-21)36-24-10-4-3-5-11-24/h3-14,19-20,22-23H,15-18H2,1-2H3,(H,31,33)(H,32,35). The minimum Gasteiger partial charge on any atom is -0.457 e. The fraction of sp³-hybridized carbons (Fsp3) is 0.267. The maximum absolute atomic E-state index is 12.9. The van der Waals surface area contributed by atoms with E-state index in [2.05, 4.69) is 47.8 Å². The first-order chi connectivity index (χ1) is 17.5. The van der Waals surface area contributed by atoms with Crippen LogP contribution in [0, 0.1) is 0 Å². The van der Waals surface area contributed by atoms with Crippen molar-refractivity contribution in [2.24, 2.45) is 0 Å². The zero-order valence-electron chi connectivity index (χ0n) is 20.8. The lowest BCUT2D eigenvalue weighted by molar-refractivity contribution is 0.0926. The fourth-order valence-corrected chi connectivity index (χ4v) is 4.79. The molecule has 0 radical (unpaired) electrons. The van der Waals surface area contributed by atoms with Crippen LogP contribution in [-0.2, 0) is 0 Å². The van der Waals surface area contributed by atoms with Crippen LogP contribution >= 0.6 is 0 Å². The molecule has 0 saturated heterocycles. The Morgan fingerprint density at radius 3 is 2.31 bits per heavy atom. The van der Waals surface area contributed by atoms with E-state index in [-0.39, 0.29) is 11.9 Å². The van der Waals surface area contributed by atoms with Crippen LogP contribution in [0.1, 0.15) is 36.0 Å². The van der Waals surface area contributed by atoms with Gasteiger partial charge < -0.3 is 20.3 Å². The summed E-state index contributed by atoms with van der Waals surface area (Å²) in [4.78, 5) is 19.9. The smallest absolute Gasteiger partial charge is 0.251 e. The van der Waals surface area contributed by atoms with Crippen molar-refractivity contribution < 1.29 is 9.53 Å². The van der Waals surface area contributed by atoms with Crippen LogP contribution in [-0.4, -0.2) is 37.1 Å². The third-order valence-corrected chi connectivity index (χ3v) is 6.67. The van der Waals surface area contributed by atoms with Crippen LogP contribution in [0.2, 0.25) is 0 Å². The maximum atomic E-state index is 12.9. The molecule has 0 aliphatic heterocycles. The second-order valence-electron chi connectivity index (χ2n) is 9.55. The molecule has 1 aromatic heterocycles. The molecule has 4 aromatic rings. The van der Waals surface area contributed by atoms with Crippen LogP contribution < -0.4 is 20.3 Å². The molecule has 0 bridgehead atoms. The Morgan fingerprint density at radius 2 is 1.53 bits per heavy atom. The van der Waals surface area contributed by atoms with Crippen molar-refractivity contribution in [2.75, 3.05) is 24.3 Å². The number of hydrogen-bond donors (Lipinski definition) is 2. The summed E-state index contributed by atoms with van der Waals surface area (Å²) in [7, 11) is 4.12. The van der Waals surface area contributed by atoms with E-state index in [1.165, 1.54) is 0 Å². The summed E-state index contributed by atoms with van der Waals surface area (Å²) >= 11 is 0. The molecule has 0 atom stereocenters. The van der Waals surface area contributed by atoms with Gasteiger partial charge in [0, 0.05) is 48.9 Å². The average Bonchev–Trinajstić information content (AvgIpc) is 2.90. The van der Waals surface area contributed by atoms with E-state index in [9.17, 15) is 4.79 Å². The van der Waals surface area contributed by atoms with E-state index in [0.717, 1.165) is 53.8 Å². The van der Waals surface area contributed by atoms with Gasteiger partial charge in [-0.3, -0.25) is 4.79 Å². The molecule has 2 N–H and O–H groups in total. The molecule has 184 valence electrons. The number of carbonyl (C=O) groups is 1. The van der Waals surface area contributed by atoms with Crippen molar-refractivity contribution in [1.82, 2.24) is 10.3 Å². The van der Waals surface area contributed by atoms with E-state index in [1.807, 2.05) is 60.7 Å². The number of hydrogen-bond acceptors (Lipinski definition) is 5. The Bertz CT molecular complexity index is 1330. The molecule has 0 unspecified atom stereocenters. The number of amides is 1. The molecule has 1 fully saturated rings. The number of nitrogens with zero attached hydrogens (tertiary/aromatic N) is 2. The number of benzene rings is 3. The predicted octanol–water partition coefficient (Wildman–Crippen LogP) is 6.25. The third kappa shape index (κ3) is 5.60. The second kappa shape index (κ2) is 10.7. The van der Waals surface area contributed by atoms with Crippen LogP contribution in [0.3, 0.4) is 0 Å². The van der Waals surface area contributed by atoms with Crippen LogP contribution in [0.25, 0.3) is 10.9 Å². The number of rotatable bonds is 7. The largest absolute Gasteiger partial charge is 0.457 e. The molecule has 3 aromatic carbocycles. The number of pyridine rings is 1. The Hall–Kier alpha value is -4.06. The van der Waals surface area contributed by atoms with Crippen molar-refractivity contribution in [3.8, 4) is 11.5 Å². The van der Waals surface area contributed by atoms with Gasteiger partial charge in [0.15, 0.2) is 0 Å². The SMILES string of the molecule is CN(C)c1cc(NC2CCC(NC(=O)c3cccc(Oc4ccccc4)c3)CC2)nc2ccccc12. The summed E-state index contributed by atoms with van der Waals surface area (Å²) in [6, 6.07) is 27.8. The number of para-hydroxylation sites is 2. The topological polar surface area (TPSA) is 66.5 Å². The van der Waals surface area contributed by atoms with Crippen molar-refractivity contribution in [3.05, 3.63) is 90.5 Å². The fourth-order valence-electron chi connectivity index (χ4n) is 4.79. The summed E-state index contributed by atoms with van der Waals surface area (Å²) in [5.41, 5.74) is 2.76. The third-order valence-electron chi connectivity index (χ3n) is 6.67. The number of fused-ring (bicyclic) bond motifs is 1. The molecule has 6 heteroatoms. The highest BCUT2D eigenvalue weighted by molar-refractivity contribution is 5.95. The summed E-state index contributed by atoms with van der Waals surface area (Å²) < 4.78 is 5.88. The molecule has 1 saturated carbocycles. The molecule has 6 nitrogen and oxygen atoms in total. The van der Waals surface area contributed by atoms with Gasteiger partial charge in [-0.15, -0.1) is 0 Å². The van der Waals surface area contributed by atoms with Crippen LogP contribution in [0.5, 0.6) is 11.5 Å². The number of anilines is 2. The first-order valence-electron chi connectivity index (χ1n) is 12.5. The molecular weight excluding hydrogens is 448 g/mol. The lowest BCUT2D eigenvalue weighted by Crippen LogP contribution is -2.40. The van der Waals surface area contributed by atoms with Crippen molar-refractivity contribution in [2.45, 2.75) is 37.8 Å². The lowest BCUT2D eigenvalue weighted by atomic mass is 9.91. The minimum absolute atomic E-state index is 0.0586. The highest BCUT2D eigenvalue weighted by atomic mass is 16.5. The van der Waals surface area contributed by atoms with E-state index in [4.69, 9.17) is 9.72 Å². The molecule has 1 amide bonds. The molecule has 1 heterocycles. The van der Waals surface area contributed by atoms with Crippen LogP contribution in [0.4, 0.5) is 11.5 Å². The highest BCUT2D eigenvalue weighted by Gasteiger charge is 2.23. The van der Waals surface area contributed by atoms with Gasteiger partial charge in [0.25, 0.3) is 5.91 Å². The van der Waals surface area contributed by atoms with Crippen molar-refractivity contribution >= 4 is 28.3 Å². The number of carbonyl (C=O) groups excluding carboxylic acids is 1. The van der Waals surface area contributed by atoms with Crippen LogP contribution in [0.15, 0.2) is 84.9 Å². The summed E-state index contributed by atoms with van der Waals surface area (Å²) in [5.74, 6) is 2.25. The molecule has 0 spiro atoms. The monoisotopic (exact) mass is 480 g/mol. The Labute approximate surface area is 212 Å². The zero-order chi connectivity index (χ0) is 24.9. The summed E-state index contributed by atoms with van der Waals surface area (Å²) in [5, 5.41) is 8.00. The maximum Gasteiger partial charge on any atom is 0.251 e. The van der Waals surface area contributed by atoms with Crippen molar-refractivity contribution in [3.63, 3.8) is 0 Å². The van der Waals surface area contributed by atoms with Crippen molar-refractivity contribution in [1.29, 1.82) is 0 Å². The predicted molar refractivity (Wildman–Crippen MR) is 146 cm³/mol. The Balaban J connectivity index is 1.17. The summed E-state index contributed by atoms with van der Waals surface area (Å²) in [6.07, 6.45) is 3.82. The number of ether oxygens (including phenoxy) is 1. The summed E-state index contributed by atoms with van der Waals surface area (Å²) in [6.45, 7) is 0. The van der Waals surface area contributed by atoms with Gasteiger partial charge in [-0.05, 0) is 62.1 Å². The Kier molecular flexibility index (Phi) is 7.03. The lowest BCUT2D eigenvalue weighted by Gasteiger charge is -2.30. The molecule has 1 aliphatic rings. The van der Waals surface area contributed by atoms with E-state index in [1.54, 1.807) is 6.07 Å². The first-order valence-corrected chi connectivity index (χ1v) is 12.5. The van der Waals surface area contributed by atoms with Gasteiger partial charge in [0.2, 0.25) is 0 Å². The second-order valence-corrected chi connectivity index (χ2v) is 9.55.